The molecule has 2 N–H and O–H groups in total. The van der Waals surface area contributed by atoms with Crippen LogP contribution in [-0.2, 0) is 11.2 Å². The molecule has 1 atom stereocenters. The van der Waals surface area contributed by atoms with Gasteiger partial charge in [-0.3, -0.25) is 4.79 Å². The Morgan fingerprint density at radius 2 is 2.19 bits per heavy atom. The van der Waals surface area contributed by atoms with Gasteiger partial charge in [0.05, 0.1) is 24.9 Å². The Morgan fingerprint density at radius 3 is 2.95 bits per heavy atom. The van der Waals surface area contributed by atoms with Crippen LogP contribution in [0.5, 0.6) is 5.88 Å². The second-order valence-corrected chi connectivity index (χ2v) is 5.02. The molecule has 2 aromatic rings. The van der Waals surface area contributed by atoms with E-state index in [1.54, 1.807) is 25.4 Å². The molecule has 0 spiro atoms. The number of hydrogen-bond donors (Lipinski definition) is 2. The number of fused-ring (bicyclic) bond motifs is 1. The first-order valence-electron chi connectivity index (χ1n) is 6.89. The summed E-state index contributed by atoms with van der Waals surface area (Å²) in [6, 6.07) is 11.6. The van der Waals surface area contributed by atoms with E-state index >= 15 is 0 Å². The second kappa shape index (κ2) is 5.83. The smallest absolute Gasteiger partial charge is 0.229 e. The summed E-state index contributed by atoms with van der Waals surface area (Å²) in [7, 11) is 1.56. The third-order valence-corrected chi connectivity index (χ3v) is 3.61. The van der Waals surface area contributed by atoms with Crippen molar-refractivity contribution in [3.63, 3.8) is 0 Å². The molecule has 0 bridgehead atoms. The van der Waals surface area contributed by atoms with Crippen molar-refractivity contribution in [2.24, 2.45) is 5.92 Å². The molecule has 0 fully saturated rings. The Morgan fingerprint density at radius 1 is 1.33 bits per heavy atom. The van der Waals surface area contributed by atoms with Crippen molar-refractivity contribution >= 4 is 17.3 Å². The summed E-state index contributed by atoms with van der Waals surface area (Å²) >= 11 is 0. The monoisotopic (exact) mass is 283 g/mol. The van der Waals surface area contributed by atoms with Crippen LogP contribution in [0, 0.1) is 5.92 Å². The van der Waals surface area contributed by atoms with E-state index in [0.717, 1.165) is 12.1 Å². The lowest BCUT2D eigenvalue weighted by atomic mass is 9.93. The fourth-order valence-corrected chi connectivity index (χ4v) is 2.45. The van der Waals surface area contributed by atoms with Crippen LogP contribution in [0.3, 0.4) is 0 Å². The zero-order valence-corrected chi connectivity index (χ0v) is 11.8. The highest BCUT2D eigenvalue weighted by Gasteiger charge is 2.24. The summed E-state index contributed by atoms with van der Waals surface area (Å²) in [6.45, 7) is 0.645. The Kier molecular flexibility index (Phi) is 3.73. The van der Waals surface area contributed by atoms with Gasteiger partial charge in [-0.05, 0) is 24.1 Å². The van der Waals surface area contributed by atoms with E-state index in [-0.39, 0.29) is 11.8 Å². The number of anilines is 2. The first-order chi connectivity index (χ1) is 10.3. The number of pyridine rings is 1. The predicted molar refractivity (Wildman–Crippen MR) is 81.5 cm³/mol. The third kappa shape index (κ3) is 2.97. The van der Waals surface area contributed by atoms with Crippen LogP contribution in [0.15, 0.2) is 42.6 Å². The van der Waals surface area contributed by atoms with E-state index in [1.165, 1.54) is 5.56 Å². The number of ether oxygens (including phenoxy) is 1. The number of carbonyl (C=O) groups excluding carboxylic acids is 1. The van der Waals surface area contributed by atoms with E-state index in [9.17, 15) is 4.79 Å². The molecule has 5 nitrogen and oxygen atoms in total. The molecule has 0 aliphatic carbocycles. The van der Waals surface area contributed by atoms with Gasteiger partial charge in [-0.15, -0.1) is 0 Å². The maximum Gasteiger partial charge on any atom is 0.229 e. The number of methoxy groups -OCH3 is 1. The molecule has 3 rings (SSSR count). The molecule has 5 heteroatoms. The molecular formula is C16H17N3O2. The number of nitrogens with zero attached hydrogens (tertiary/aromatic N) is 1. The highest BCUT2D eigenvalue weighted by molar-refractivity contribution is 5.93. The van der Waals surface area contributed by atoms with Gasteiger partial charge in [0.2, 0.25) is 11.8 Å². The van der Waals surface area contributed by atoms with Crippen molar-refractivity contribution in [1.82, 2.24) is 4.98 Å². The molecule has 1 aromatic carbocycles. The molecule has 1 aliphatic heterocycles. The van der Waals surface area contributed by atoms with E-state index in [4.69, 9.17) is 4.74 Å². The lowest BCUT2D eigenvalue weighted by Gasteiger charge is -2.25. The summed E-state index contributed by atoms with van der Waals surface area (Å²) in [5, 5.41) is 6.20. The number of amides is 1. The molecule has 1 aromatic heterocycles. The maximum atomic E-state index is 12.3. The second-order valence-electron chi connectivity index (χ2n) is 5.02. The summed E-state index contributed by atoms with van der Waals surface area (Å²) in [5.74, 6) is 0.451. The fraction of sp³-hybridized carbons (Fsp3) is 0.250. The van der Waals surface area contributed by atoms with Crippen molar-refractivity contribution in [2.75, 3.05) is 24.3 Å². The van der Waals surface area contributed by atoms with E-state index in [0.29, 0.717) is 18.1 Å². The Balaban J connectivity index is 1.66. The van der Waals surface area contributed by atoms with Gasteiger partial charge in [0, 0.05) is 18.3 Å². The molecule has 1 aliphatic rings. The van der Waals surface area contributed by atoms with Crippen molar-refractivity contribution in [3.8, 4) is 5.88 Å². The number of nitrogens with one attached hydrogen (secondary N) is 2. The Bertz CT molecular complexity index is 640. The number of rotatable bonds is 3. The minimum atomic E-state index is -0.0815. The lowest BCUT2D eigenvalue weighted by Crippen LogP contribution is -2.33. The van der Waals surface area contributed by atoms with Gasteiger partial charge in [-0.1, -0.05) is 18.2 Å². The quantitative estimate of drug-likeness (QED) is 0.907. The molecular weight excluding hydrogens is 266 g/mol. The summed E-state index contributed by atoms with van der Waals surface area (Å²) in [4.78, 5) is 16.4. The number of carbonyl (C=O) groups is 1. The van der Waals surface area contributed by atoms with Gasteiger partial charge >= 0.3 is 0 Å². The van der Waals surface area contributed by atoms with E-state index < -0.39 is 0 Å². The lowest BCUT2D eigenvalue weighted by molar-refractivity contribution is -0.119. The Hall–Kier alpha value is -2.56. The standard InChI is InChI=1S/C16H17N3O2/c1-21-15-7-6-13(10-18-15)19-16(20)12-8-11-4-2-3-5-14(11)17-9-12/h2-7,10,12,17H,8-9H2,1H3,(H,19,20). The normalized spacial score (nSPS) is 16.5. The summed E-state index contributed by atoms with van der Waals surface area (Å²) in [6.07, 6.45) is 2.35. The van der Waals surface area contributed by atoms with Crippen LogP contribution in [0.1, 0.15) is 5.56 Å². The van der Waals surface area contributed by atoms with Crippen LogP contribution >= 0.6 is 0 Å². The third-order valence-electron chi connectivity index (χ3n) is 3.61. The van der Waals surface area contributed by atoms with Crippen molar-refractivity contribution in [2.45, 2.75) is 6.42 Å². The highest BCUT2D eigenvalue weighted by atomic mass is 16.5. The number of para-hydroxylation sites is 1. The van der Waals surface area contributed by atoms with Gasteiger partial charge in [0.25, 0.3) is 0 Å². The predicted octanol–water partition coefficient (Wildman–Crippen LogP) is 2.31. The van der Waals surface area contributed by atoms with E-state index in [1.807, 2.05) is 18.2 Å². The van der Waals surface area contributed by atoms with Crippen molar-refractivity contribution in [1.29, 1.82) is 0 Å². The summed E-state index contributed by atoms with van der Waals surface area (Å²) < 4.78 is 5.00. The average Bonchev–Trinajstić information content (AvgIpc) is 2.55. The van der Waals surface area contributed by atoms with Gasteiger partial charge < -0.3 is 15.4 Å². The topological polar surface area (TPSA) is 63.2 Å². The van der Waals surface area contributed by atoms with Crippen molar-refractivity contribution < 1.29 is 9.53 Å². The number of hydrogen-bond acceptors (Lipinski definition) is 4. The van der Waals surface area contributed by atoms with Crippen molar-refractivity contribution in [3.05, 3.63) is 48.2 Å². The molecule has 1 unspecified atom stereocenters. The number of aromatic nitrogens is 1. The average molecular weight is 283 g/mol. The SMILES string of the molecule is COc1ccc(NC(=O)C2CNc3ccccc3C2)cn1. The molecule has 0 radical (unpaired) electrons. The molecule has 108 valence electrons. The zero-order chi connectivity index (χ0) is 14.7. The van der Waals surface area contributed by atoms with E-state index in [2.05, 4.69) is 21.7 Å². The van der Waals surface area contributed by atoms with Gasteiger partial charge in [0.1, 0.15) is 0 Å². The molecule has 0 saturated carbocycles. The van der Waals surface area contributed by atoms with Crippen LogP contribution in [0.4, 0.5) is 11.4 Å². The molecule has 1 amide bonds. The maximum absolute atomic E-state index is 12.3. The zero-order valence-electron chi connectivity index (χ0n) is 11.8. The minimum Gasteiger partial charge on any atom is -0.481 e. The first-order valence-corrected chi connectivity index (χ1v) is 6.89. The van der Waals surface area contributed by atoms with Crippen LogP contribution in [0.2, 0.25) is 0 Å². The van der Waals surface area contributed by atoms with Gasteiger partial charge in [-0.25, -0.2) is 4.98 Å². The minimum absolute atomic E-state index is 0.00368. The first kappa shape index (κ1) is 13.4. The van der Waals surface area contributed by atoms with Gasteiger partial charge in [0.15, 0.2) is 0 Å². The fourth-order valence-electron chi connectivity index (χ4n) is 2.45. The highest BCUT2D eigenvalue weighted by Crippen LogP contribution is 2.25. The van der Waals surface area contributed by atoms with Crippen LogP contribution in [0.25, 0.3) is 0 Å². The van der Waals surface area contributed by atoms with Crippen LogP contribution < -0.4 is 15.4 Å². The molecule has 21 heavy (non-hydrogen) atoms. The molecule has 0 saturated heterocycles. The Labute approximate surface area is 123 Å². The molecule has 2 heterocycles. The van der Waals surface area contributed by atoms with Gasteiger partial charge in [-0.2, -0.15) is 0 Å². The number of benzene rings is 1. The van der Waals surface area contributed by atoms with Crippen LogP contribution in [-0.4, -0.2) is 24.5 Å². The largest absolute Gasteiger partial charge is 0.481 e. The summed E-state index contributed by atoms with van der Waals surface area (Å²) in [5.41, 5.74) is 2.98.